The summed E-state index contributed by atoms with van der Waals surface area (Å²) >= 11 is 0. The smallest absolute Gasteiger partial charge is 0.268 e. The normalized spacial score (nSPS) is 17.8. The number of aliphatic hydroxyl groups is 1. The van der Waals surface area contributed by atoms with Crippen LogP contribution in [0.5, 0.6) is 0 Å². The molecule has 0 spiro atoms. The van der Waals surface area contributed by atoms with Gasteiger partial charge in [0.25, 0.3) is 6.43 Å². The minimum absolute atomic E-state index is 0.000964. The summed E-state index contributed by atoms with van der Waals surface area (Å²) in [6, 6.07) is 12.9. The molecule has 3 aromatic heterocycles. The van der Waals surface area contributed by atoms with Crippen LogP contribution in [0.1, 0.15) is 6.42 Å². The van der Waals surface area contributed by atoms with Crippen LogP contribution >= 0.6 is 0 Å². The van der Waals surface area contributed by atoms with Gasteiger partial charge in [0, 0.05) is 49.2 Å². The fourth-order valence-corrected chi connectivity index (χ4v) is 3.90. The average Bonchev–Trinajstić information content (AvgIpc) is 3.43. The van der Waals surface area contributed by atoms with Crippen LogP contribution in [0.2, 0.25) is 0 Å². The number of nitrogens with two attached hydrogens (primary N) is 1. The summed E-state index contributed by atoms with van der Waals surface area (Å²) < 4.78 is 27.8. The molecule has 12 heteroatoms. The third kappa shape index (κ3) is 4.60. The van der Waals surface area contributed by atoms with Gasteiger partial charge in [0.05, 0.1) is 12.2 Å². The van der Waals surface area contributed by atoms with E-state index in [2.05, 4.69) is 30.4 Å². The van der Waals surface area contributed by atoms with E-state index in [4.69, 9.17) is 5.73 Å². The van der Waals surface area contributed by atoms with Crippen molar-refractivity contribution in [2.75, 3.05) is 29.0 Å². The lowest BCUT2D eigenvalue weighted by Crippen LogP contribution is -2.40. The van der Waals surface area contributed by atoms with Crippen molar-refractivity contribution in [2.24, 2.45) is 7.05 Å². The SMILES string of the molecule is Cn1nc(-c2ccc(N3CCC(O)(C(F)F)C3)nc2)nc1Nc1ccc(-c2ccnc(N)n2)cc1. The van der Waals surface area contributed by atoms with Crippen LogP contribution in [0.3, 0.4) is 0 Å². The van der Waals surface area contributed by atoms with E-state index >= 15 is 0 Å². The predicted octanol–water partition coefficient (Wildman–Crippen LogP) is 2.87. The second-order valence-electron chi connectivity index (χ2n) is 8.37. The number of aromatic nitrogens is 6. The Labute approximate surface area is 199 Å². The second-order valence-corrected chi connectivity index (χ2v) is 8.37. The predicted molar refractivity (Wildman–Crippen MR) is 127 cm³/mol. The fraction of sp³-hybridized carbons (Fsp3) is 0.261. The first-order valence-electron chi connectivity index (χ1n) is 10.9. The van der Waals surface area contributed by atoms with Gasteiger partial charge in [-0.2, -0.15) is 4.98 Å². The molecule has 1 saturated heterocycles. The molecule has 1 aromatic carbocycles. The van der Waals surface area contributed by atoms with E-state index in [9.17, 15) is 13.9 Å². The van der Waals surface area contributed by atoms with Crippen molar-refractivity contribution < 1.29 is 13.9 Å². The van der Waals surface area contributed by atoms with Crippen molar-refractivity contribution in [2.45, 2.75) is 18.4 Å². The monoisotopic (exact) mass is 479 g/mol. The van der Waals surface area contributed by atoms with E-state index in [0.29, 0.717) is 29.7 Å². The Morgan fingerprint density at radius 3 is 2.49 bits per heavy atom. The molecule has 35 heavy (non-hydrogen) atoms. The number of β-amino-alcohol motifs (C(OH)–C–C–N with tert-alkyl or cyclic N) is 1. The molecule has 0 radical (unpaired) electrons. The number of hydrogen-bond donors (Lipinski definition) is 3. The first kappa shape index (κ1) is 22.6. The molecule has 0 amide bonds. The highest BCUT2D eigenvalue weighted by atomic mass is 19.3. The number of aryl methyl sites for hydroxylation is 1. The molecule has 0 aliphatic carbocycles. The largest absolute Gasteiger partial charge is 0.382 e. The lowest BCUT2D eigenvalue weighted by Gasteiger charge is -2.22. The van der Waals surface area contributed by atoms with Crippen molar-refractivity contribution in [1.82, 2.24) is 29.7 Å². The Balaban J connectivity index is 1.28. The van der Waals surface area contributed by atoms with Gasteiger partial charge in [-0.25, -0.2) is 28.4 Å². The topological polar surface area (TPSA) is 131 Å². The number of nitrogens with one attached hydrogen (secondary N) is 1. The summed E-state index contributed by atoms with van der Waals surface area (Å²) in [5.41, 5.74) is 6.79. The van der Waals surface area contributed by atoms with E-state index in [-0.39, 0.29) is 18.9 Å². The minimum Gasteiger partial charge on any atom is -0.382 e. The maximum absolute atomic E-state index is 13.1. The zero-order valence-corrected chi connectivity index (χ0v) is 18.8. The van der Waals surface area contributed by atoms with E-state index in [0.717, 1.165) is 16.9 Å². The third-order valence-electron chi connectivity index (χ3n) is 5.89. The van der Waals surface area contributed by atoms with E-state index < -0.39 is 12.0 Å². The summed E-state index contributed by atoms with van der Waals surface area (Å²) in [5.74, 6) is 1.73. The van der Waals surface area contributed by atoms with Crippen molar-refractivity contribution >= 4 is 23.4 Å². The quantitative estimate of drug-likeness (QED) is 0.382. The molecule has 4 aromatic rings. The van der Waals surface area contributed by atoms with Crippen LogP contribution in [0.15, 0.2) is 54.9 Å². The Morgan fingerprint density at radius 1 is 1.06 bits per heavy atom. The molecular weight excluding hydrogens is 456 g/mol. The minimum atomic E-state index is -2.79. The van der Waals surface area contributed by atoms with Crippen molar-refractivity contribution in [1.29, 1.82) is 0 Å². The standard InChI is InChI=1S/C23H23F2N9O/c1-33-22(29-16-5-2-14(3-6-16)17-8-10-27-21(26)30-17)31-19(32-33)15-4-7-18(28-12-15)34-11-9-23(35,13-34)20(24)25/h2-8,10,12,20,35H,9,11,13H2,1H3,(H2,26,27,30)(H,29,31,32). The summed E-state index contributed by atoms with van der Waals surface area (Å²) in [6.07, 6.45) is 0.411. The molecule has 1 unspecified atom stereocenters. The van der Waals surface area contributed by atoms with Crippen LogP contribution in [0.4, 0.5) is 32.2 Å². The number of rotatable bonds is 6. The van der Waals surface area contributed by atoms with E-state index in [1.54, 1.807) is 47.2 Å². The number of alkyl halides is 2. The molecule has 0 saturated carbocycles. The Kier molecular flexibility index (Phi) is 5.73. The maximum atomic E-state index is 13.1. The Hall–Kier alpha value is -4.19. The van der Waals surface area contributed by atoms with Gasteiger partial charge in [-0.05, 0) is 30.3 Å². The van der Waals surface area contributed by atoms with Gasteiger partial charge < -0.3 is 21.1 Å². The average molecular weight is 479 g/mol. The third-order valence-corrected chi connectivity index (χ3v) is 5.89. The van der Waals surface area contributed by atoms with Gasteiger partial charge in [-0.15, -0.1) is 5.10 Å². The molecule has 4 heterocycles. The van der Waals surface area contributed by atoms with Crippen molar-refractivity contribution in [3.63, 3.8) is 0 Å². The lowest BCUT2D eigenvalue weighted by atomic mass is 10.1. The first-order chi connectivity index (χ1) is 16.8. The van der Waals surface area contributed by atoms with Crippen molar-refractivity contribution in [3.8, 4) is 22.6 Å². The molecule has 1 fully saturated rings. The van der Waals surface area contributed by atoms with Crippen LogP contribution in [0, 0.1) is 0 Å². The molecular formula is C23H23F2N9O. The summed E-state index contributed by atoms with van der Waals surface area (Å²) in [7, 11) is 1.77. The number of pyridine rings is 1. The summed E-state index contributed by atoms with van der Waals surface area (Å²) in [4.78, 5) is 18.7. The molecule has 4 N–H and O–H groups in total. The number of nitrogen functional groups attached to an aromatic ring is 1. The van der Waals surface area contributed by atoms with Crippen molar-refractivity contribution in [3.05, 3.63) is 54.9 Å². The first-order valence-corrected chi connectivity index (χ1v) is 10.9. The Bertz CT molecular complexity index is 1330. The van der Waals surface area contributed by atoms with Gasteiger partial charge in [0.2, 0.25) is 11.9 Å². The van der Waals surface area contributed by atoms with Crippen LogP contribution in [-0.4, -0.2) is 59.9 Å². The fourth-order valence-electron chi connectivity index (χ4n) is 3.90. The highest BCUT2D eigenvalue weighted by Gasteiger charge is 2.44. The van der Waals surface area contributed by atoms with Gasteiger partial charge in [0.1, 0.15) is 11.4 Å². The van der Waals surface area contributed by atoms with Gasteiger partial charge in [0.15, 0.2) is 5.82 Å². The number of nitrogens with zero attached hydrogens (tertiary/aromatic N) is 7. The molecule has 1 aliphatic heterocycles. The Morgan fingerprint density at radius 2 is 1.83 bits per heavy atom. The molecule has 10 nitrogen and oxygen atoms in total. The molecule has 1 atom stereocenters. The zero-order valence-electron chi connectivity index (χ0n) is 18.8. The summed E-state index contributed by atoms with van der Waals surface area (Å²) in [5, 5.41) is 17.7. The number of benzene rings is 1. The van der Waals surface area contributed by atoms with Crippen LogP contribution in [0.25, 0.3) is 22.6 Å². The van der Waals surface area contributed by atoms with Gasteiger partial charge in [-0.3, -0.25) is 0 Å². The number of halogens is 2. The van der Waals surface area contributed by atoms with Gasteiger partial charge in [-0.1, -0.05) is 12.1 Å². The maximum Gasteiger partial charge on any atom is 0.268 e. The summed E-state index contributed by atoms with van der Waals surface area (Å²) in [6.45, 7) is 0.156. The van der Waals surface area contributed by atoms with Crippen LogP contribution in [-0.2, 0) is 7.05 Å². The number of hydrogen-bond acceptors (Lipinski definition) is 9. The molecule has 180 valence electrons. The zero-order chi connectivity index (χ0) is 24.6. The van der Waals surface area contributed by atoms with E-state index in [1.165, 1.54) is 0 Å². The van der Waals surface area contributed by atoms with E-state index in [1.807, 2.05) is 24.3 Å². The number of anilines is 4. The molecule has 1 aliphatic rings. The second kappa shape index (κ2) is 8.87. The van der Waals surface area contributed by atoms with Gasteiger partial charge >= 0.3 is 0 Å². The van der Waals surface area contributed by atoms with Crippen LogP contribution < -0.4 is 16.0 Å². The highest BCUT2D eigenvalue weighted by molar-refractivity contribution is 5.66. The molecule has 5 rings (SSSR count). The lowest BCUT2D eigenvalue weighted by molar-refractivity contribution is -0.0800. The molecule has 0 bridgehead atoms. The highest BCUT2D eigenvalue weighted by Crippen LogP contribution is 2.31.